The Morgan fingerprint density at radius 2 is 1.74 bits per heavy atom. The highest BCUT2D eigenvalue weighted by atomic mass is 16.5. The van der Waals surface area contributed by atoms with Gasteiger partial charge in [-0.05, 0) is 68.8 Å². The van der Waals surface area contributed by atoms with Crippen LogP contribution in [0.4, 0.5) is 23.1 Å². The quantitative estimate of drug-likeness (QED) is 0.604. The smallest absolute Gasteiger partial charge is 0.227 e. The van der Waals surface area contributed by atoms with Crippen molar-refractivity contribution in [2.45, 2.75) is 31.8 Å². The number of ether oxygens (including phenoxy) is 1. The van der Waals surface area contributed by atoms with Gasteiger partial charge in [-0.15, -0.1) is 0 Å². The average molecular weight is 472 g/mol. The number of fused-ring (bicyclic) bond motifs is 2. The standard InChI is InChI=1S/C27H33N7O/c1-19-15-21(4-7-25(19)34-17-22-5-6-23(18-34)32(22)2)30-27-28-10-9-24(31-27)20-3-8-26(29-16-20)33-11-13-35-14-12-33/h3-4,7-10,15-16,22-23H,5-6,11-14,17-18H2,1-2H3,(H,28,30,31). The van der Waals surface area contributed by atoms with Crippen LogP contribution in [0.2, 0.25) is 0 Å². The number of morpholine rings is 1. The van der Waals surface area contributed by atoms with Crippen molar-refractivity contribution >= 4 is 23.1 Å². The van der Waals surface area contributed by atoms with Gasteiger partial charge in [0.25, 0.3) is 0 Å². The van der Waals surface area contributed by atoms with Crippen LogP contribution in [0.15, 0.2) is 48.8 Å². The molecule has 1 N–H and O–H groups in total. The van der Waals surface area contributed by atoms with E-state index in [1.807, 2.05) is 12.3 Å². The van der Waals surface area contributed by atoms with Crippen LogP contribution in [0.25, 0.3) is 11.3 Å². The number of anilines is 4. The number of rotatable bonds is 5. The number of aromatic nitrogens is 3. The zero-order valence-electron chi connectivity index (χ0n) is 20.5. The Labute approximate surface area is 207 Å². The molecule has 182 valence electrons. The lowest BCUT2D eigenvalue weighted by Crippen LogP contribution is -2.52. The van der Waals surface area contributed by atoms with Crippen molar-refractivity contribution in [2.75, 3.05) is 61.6 Å². The fourth-order valence-corrected chi connectivity index (χ4v) is 5.62. The summed E-state index contributed by atoms with van der Waals surface area (Å²) in [4.78, 5) is 21.2. The van der Waals surface area contributed by atoms with E-state index in [4.69, 9.17) is 9.72 Å². The zero-order valence-corrected chi connectivity index (χ0v) is 20.5. The summed E-state index contributed by atoms with van der Waals surface area (Å²) in [7, 11) is 2.28. The second kappa shape index (κ2) is 9.43. The van der Waals surface area contributed by atoms with Crippen LogP contribution in [0.1, 0.15) is 18.4 Å². The molecule has 8 nitrogen and oxygen atoms in total. The number of hydrogen-bond acceptors (Lipinski definition) is 8. The summed E-state index contributed by atoms with van der Waals surface area (Å²) >= 11 is 0. The van der Waals surface area contributed by atoms with E-state index in [2.05, 4.69) is 74.3 Å². The molecule has 3 aromatic rings. The maximum Gasteiger partial charge on any atom is 0.227 e. The number of hydrogen-bond donors (Lipinski definition) is 1. The van der Waals surface area contributed by atoms with E-state index in [-0.39, 0.29) is 0 Å². The molecule has 35 heavy (non-hydrogen) atoms. The SMILES string of the molecule is Cc1cc(Nc2nccc(-c3ccc(N4CCOCC4)nc3)n2)ccc1N1CC2CCC(C1)N2C. The number of nitrogens with zero attached hydrogens (tertiary/aromatic N) is 6. The van der Waals surface area contributed by atoms with Gasteiger partial charge in [0.1, 0.15) is 5.82 Å². The van der Waals surface area contributed by atoms with Gasteiger partial charge in [0.2, 0.25) is 5.95 Å². The van der Waals surface area contributed by atoms with E-state index < -0.39 is 0 Å². The number of likely N-dealkylation sites (N-methyl/N-ethyl adjacent to an activating group) is 1. The fourth-order valence-electron chi connectivity index (χ4n) is 5.62. The molecule has 3 aliphatic heterocycles. The van der Waals surface area contributed by atoms with Gasteiger partial charge in [0.15, 0.2) is 0 Å². The van der Waals surface area contributed by atoms with E-state index in [0.717, 1.165) is 62.2 Å². The van der Waals surface area contributed by atoms with Crippen LogP contribution in [-0.4, -0.2) is 78.4 Å². The molecular formula is C27H33N7O. The third-order valence-corrected chi connectivity index (χ3v) is 7.68. The second-order valence-electron chi connectivity index (χ2n) is 9.85. The fraction of sp³-hybridized carbons (Fsp3) is 0.444. The Kier molecular flexibility index (Phi) is 6.00. The minimum absolute atomic E-state index is 0.588. The normalized spacial score (nSPS) is 22.5. The molecule has 2 aromatic heterocycles. The number of nitrogens with one attached hydrogen (secondary N) is 1. The topological polar surface area (TPSA) is 69.6 Å². The van der Waals surface area contributed by atoms with E-state index in [0.29, 0.717) is 18.0 Å². The molecule has 0 amide bonds. The van der Waals surface area contributed by atoms with Crippen LogP contribution < -0.4 is 15.1 Å². The first-order valence-electron chi connectivity index (χ1n) is 12.6. The summed E-state index contributed by atoms with van der Waals surface area (Å²) in [6, 6.07) is 14.0. The van der Waals surface area contributed by atoms with Gasteiger partial charge in [0.05, 0.1) is 18.9 Å². The maximum absolute atomic E-state index is 5.44. The Morgan fingerprint density at radius 1 is 0.943 bits per heavy atom. The molecule has 3 aliphatic rings. The molecule has 2 unspecified atom stereocenters. The Bertz CT molecular complexity index is 1160. The van der Waals surface area contributed by atoms with Gasteiger partial charge in [-0.25, -0.2) is 15.0 Å². The van der Waals surface area contributed by atoms with Gasteiger partial charge >= 0.3 is 0 Å². The van der Waals surface area contributed by atoms with Crippen LogP contribution in [-0.2, 0) is 4.74 Å². The molecule has 8 heteroatoms. The molecule has 1 aromatic carbocycles. The Hall–Kier alpha value is -3.23. The highest BCUT2D eigenvalue weighted by Gasteiger charge is 2.37. The highest BCUT2D eigenvalue weighted by Crippen LogP contribution is 2.33. The van der Waals surface area contributed by atoms with E-state index in [1.165, 1.54) is 24.1 Å². The van der Waals surface area contributed by atoms with Crippen LogP contribution >= 0.6 is 0 Å². The van der Waals surface area contributed by atoms with Crippen molar-refractivity contribution in [1.82, 2.24) is 19.9 Å². The van der Waals surface area contributed by atoms with Gasteiger partial charge in [0, 0.05) is 67.6 Å². The number of piperazine rings is 1. The summed E-state index contributed by atoms with van der Waals surface area (Å²) in [6.07, 6.45) is 6.31. The predicted octanol–water partition coefficient (Wildman–Crippen LogP) is 3.71. The largest absolute Gasteiger partial charge is 0.378 e. The summed E-state index contributed by atoms with van der Waals surface area (Å²) in [5, 5.41) is 3.39. The molecule has 3 saturated heterocycles. The van der Waals surface area contributed by atoms with Crippen molar-refractivity contribution in [3.8, 4) is 11.3 Å². The third-order valence-electron chi connectivity index (χ3n) is 7.68. The third kappa shape index (κ3) is 4.56. The lowest BCUT2D eigenvalue weighted by molar-refractivity contribution is 0.122. The van der Waals surface area contributed by atoms with Crippen molar-refractivity contribution in [3.05, 3.63) is 54.4 Å². The monoisotopic (exact) mass is 471 g/mol. The summed E-state index contributed by atoms with van der Waals surface area (Å²) in [5.74, 6) is 1.57. The van der Waals surface area contributed by atoms with E-state index >= 15 is 0 Å². The number of benzene rings is 1. The molecule has 5 heterocycles. The first-order chi connectivity index (χ1) is 17.1. The highest BCUT2D eigenvalue weighted by molar-refractivity contribution is 5.66. The lowest BCUT2D eigenvalue weighted by Gasteiger charge is -2.40. The zero-order chi connectivity index (χ0) is 23.8. The molecule has 0 radical (unpaired) electrons. The van der Waals surface area contributed by atoms with Gasteiger partial charge in [-0.2, -0.15) is 0 Å². The molecule has 2 bridgehead atoms. The van der Waals surface area contributed by atoms with Crippen LogP contribution in [0, 0.1) is 6.92 Å². The summed E-state index contributed by atoms with van der Waals surface area (Å²) in [6.45, 7) is 7.68. The molecule has 0 saturated carbocycles. The molecule has 2 atom stereocenters. The van der Waals surface area contributed by atoms with E-state index in [9.17, 15) is 0 Å². The van der Waals surface area contributed by atoms with Crippen molar-refractivity contribution in [1.29, 1.82) is 0 Å². The lowest BCUT2D eigenvalue weighted by atomic mass is 10.1. The Morgan fingerprint density at radius 3 is 2.46 bits per heavy atom. The molecule has 3 fully saturated rings. The Balaban J connectivity index is 1.15. The predicted molar refractivity (Wildman–Crippen MR) is 140 cm³/mol. The van der Waals surface area contributed by atoms with Gasteiger partial charge in [-0.3, -0.25) is 4.90 Å². The maximum atomic E-state index is 5.44. The first kappa shape index (κ1) is 22.2. The number of pyridine rings is 1. The van der Waals surface area contributed by atoms with Gasteiger partial charge < -0.3 is 19.9 Å². The van der Waals surface area contributed by atoms with Crippen LogP contribution in [0.5, 0.6) is 0 Å². The number of aryl methyl sites for hydroxylation is 1. The summed E-state index contributed by atoms with van der Waals surface area (Å²) < 4.78 is 5.44. The second-order valence-corrected chi connectivity index (χ2v) is 9.85. The first-order valence-corrected chi connectivity index (χ1v) is 12.6. The molecular weight excluding hydrogens is 438 g/mol. The minimum atomic E-state index is 0.588. The molecule has 0 aliphatic carbocycles. The van der Waals surface area contributed by atoms with Crippen molar-refractivity contribution < 1.29 is 4.74 Å². The molecule has 6 rings (SSSR count). The van der Waals surface area contributed by atoms with Crippen molar-refractivity contribution in [2.24, 2.45) is 0 Å². The minimum Gasteiger partial charge on any atom is -0.378 e. The van der Waals surface area contributed by atoms with Gasteiger partial charge in [-0.1, -0.05) is 0 Å². The van der Waals surface area contributed by atoms with E-state index in [1.54, 1.807) is 6.20 Å². The summed E-state index contributed by atoms with van der Waals surface area (Å²) in [5.41, 5.74) is 5.44. The average Bonchev–Trinajstić information content (AvgIpc) is 3.09. The molecule has 0 spiro atoms. The van der Waals surface area contributed by atoms with Crippen molar-refractivity contribution in [3.63, 3.8) is 0 Å². The van der Waals surface area contributed by atoms with Crippen LogP contribution in [0.3, 0.4) is 0 Å².